The van der Waals surface area contributed by atoms with E-state index >= 15 is 0 Å². The van der Waals surface area contributed by atoms with E-state index in [1.54, 1.807) is 6.07 Å². The lowest BCUT2D eigenvalue weighted by Gasteiger charge is -2.22. The molecular formula is C20H23N3O2. The van der Waals surface area contributed by atoms with Crippen molar-refractivity contribution in [1.29, 1.82) is 0 Å². The summed E-state index contributed by atoms with van der Waals surface area (Å²) in [5.41, 5.74) is 2.58. The van der Waals surface area contributed by atoms with Gasteiger partial charge in [-0.15, -0.1) is 0 Å². The summed E-state index contributed by atoms with van der Waals surface area (Å²) in [6.45, 7) is 1.97. The average Bonchev–Trinajstić information content (AvgIpc) is 2.62. The molecule has 0 atom stereocenters. The highest BCUT2D eigenvalue weighted by atomic mass is 16.2. The molecule has 5 nitrogen and oxygen atoms in total. The van der Waals surface area contributed by atoms with Crippen LogP contribution in [0.5, 0.6) is 0 Å². The van der Waals surface area contributed by atoms with Crippen molar-refractivity contribution in [3.63, 3.8) is 0 Å². The van der Waals surface area contributed by atoms with Crippen LogP contribution in [0.1, 0.15) is 58.4 Å². The number of anilines is 1. The Morgan fingerprint density at radius 2 is 1.72 bits per heavy atom. The molecule has 0 unspecified atom stereocenters. The summed E-state index contributed by atoms with van der Waals surface area (Å²) in [4.78, 5) is 28.9. The molecule has 5 heteroatoms. The second kappa shape index (κ2) is 7.92. The van der Waals surface area contributed by atoms with Crippen LogP contribution < -0.4 is 10.6 Å². The summed E-state index contributed by atoms with van der Waals surface area (Å²) in [6.07, 6.45) is 8.57. The first-order chi connectivity index (χ1) is 12.1. The van der Waals surface area contributed by atoms with Gasteiger partial charge >= 0.3 is 0 Å². The summed E-state index contributed by atoms with van der Waals surface area (Å²) in [5.74, 6) is -0.435. The predicted molar refractivity (Wildman–Crippen MR) is 97.7 cm³/mol. The number of carbonyl (C=O) groups is 2. The van der Waals surface area contributed by atoms with Crippen LogP contribution in [0.2, 0.25) is 0 Å². The molecule has 1 saturated carbocycles. The molecule has 130 valence electrons. The van der Waals surface area contributed by atoms with Gasteiger partial charge in [0, 0.05) is 24.1 Å². The zero-order valence-electron chi connectivity index (χ0n) is 14.4. The molecule has 1 aliphatic rings. The molecule has 2 amide bonds. The third-order valence-corrected chi connectivity index (χ3v) is 4.48. The van der Waals surface area contributed by atoms with Gasteiger partial charge in [-0.05, 0) is 43.5 Å². The van der Waals surface area contributed by atoms with Gasteiger partial charge in [0.05, 0.1) is 11.1 Å². The topological polar surface area (TPSA) is 71.1 Å². The number of aryl methyl sites for hydroxylation is 1. The number of amides is 2. The second-order valence-corrected chi connectivity index (χ2v) is 6.59. The predicted octanol–water partition coefficient (Wildman–Crippen LogP) is 3.70. The van der Waals surface area contributed by atoms with Gasteiger partial charge in [-0.1, -0.05) is 31.4 Å². The van der Waals surface area contributed by atoms with E-state index in [4.69, 9.17) is 0 Å². The first-order valence-corrected chi connectivity index (χ1v) is 8.76. The first-order valence-electron chi connectivity index (χ1n) is 8.76. The standard InChI is InChI=1S/C20H23N3O2/c1-14-6-5-9-18(10-14)23-20(25)16-11-15(12-21-13-16)19(24)22-17-7-3-2-4-8-17/h5-6,9-13,17H,2-4,7-8H2,1H3,(H,22,24)(H,23,25). The average molecular weight is 337 g/mol. The Balaban J connectivity index is 1.67. The number of nitrogens with one attached hydrogen (secondary N) is 2. The molecule has 1 fully saturated rings. The zero-order chi connectivity index (χ0) is 17.6. The smallest absolute Gasteiger partial charge is 0.257 e. The maximum Gasteiger partial charge on any atom is 0.257 e. The quantitative estimate of drug-likeness (QED) is 0.893. The maximum absolute atomic E-state index is 12.4. The molecule has 0 bridgehead atoms. The van der Waals surface area contributed by atoms with Crippen LogP contribution in [-0.2, 0) is 0 Å². The van der Waals surface area contributed by atoms with E-state index in [0.29, 0.717) is 11.1 Å². The first kappa shape index (κ1) is 17.1. The van der Waals surface area contributed by atoms with Gasteiger partial charge in [-0.25, -0.2) is 0 Å². The molecule has 1 aromatic heterocycles. The van der Waals surface area contributed by atoms with E-state index in [-0.39, 0.29) is 17.9 Å². The Morgan fingerprint density at radius 3 is 2.44 bits per heavy atom. The minimum absolute atomic E-state index is 0.162. The second-order valence-electron chi connectivity index (χ2n) is 6.59. The van der Waals surface area contributed by atoms with E-state index < -0.39 is 0 Å². The largest absolute Gasteiger partial charge is 0.349 e. The van der Waals surface area contributed by atoms with E-state index in [2.05, 4.69) is 15.6 Å². The summed E-state index contributed by atoms with van der Waals surface area (Å²) < 4.78 is 0. The molecule has 1 heterocycles. The Labute approximate surface area is 147 Å². The molecule has 0 radical (unpaired) electrons. The lowest BCUT2D eigenvalue weighted by Crippen LogP contribution is -2.36. The monoisotopic (exact) mass is 337 g/mol. The lowest BCUT2D eigenvalue weighted by atomic mass is 9.95. The molecule has 0 saturated heterocycles. The van der Waals surface area contributed by atoms with Crippen molar-refractivity contribution in [2.45, 2.75) is 45.1 Å². The number of benzene rings is 1. The number of rotatable bonds is 4. The number of hydrogen-bond donors (Lipinski definition) is 2. The highest BCUT2D eigenvalue weighted by Gasteiger charge is 2.18. The summed E-state index contributed by atoms with van der Waals surface area (Å²) in [6, 6.07) is 9.40. The van der Waals surface area contributed by atoms with E-state index in [9.17, 15) is 9.59 Å². The van der Waals surface area contributed by atoms with Crippen molar-refractivity contribution in [3.05, 3.63) is 59.4 Å². The minimum atomic E-state index is -0.273. The van der Waals surface area contributed by atoms with Crippen LogP contribution in [0.25, 0.3) is 0 Å². The van der Waals surface area contributed by atoms with Gasteiger partial charge in [0.25, 0.3) is 11.8 Å². The van der Waals surface area contributed by atoms with Crippen molar-refractivity contribution < 1.29 is 9.59 Å². The number of aromatic nitrogens is 1. The maximum atomic E-state index is 12.4. The lowest BCUT2D eigenvalue weighted by molar-refractivity contribution is 0.0927. The van der Waals surface area contributed by atoms with Gasteiger partial charge in [-0.2, -0.15) is 0 Å². The van der Waals surface area contributed by atoms with E-state index in [1.807, 2.05) is 31.2 Å². The summed E-state index contributed by atoms with van der Waals surface area (Å²) in [7, 11) is 0. The summed E-state index contributed by atoms with van der Waals surface area (Å²) in [5, 5.41) is 5.88. The summed E-state index contributed by atoms with van der Waals surface area (Å²) >= 11 is 0. The number of pyridine rings is 1. The molecule has 1 aliphatic carbocycles. The third kappa shape index (κ3) is 4.66. The fourth-order valence-electron chi connectivity index (χ4n) is 3.13. The molecule has 3 rings (SSSR count). The highest BCUT2D eigenvalue weighted by Crippen LogP contribution is 2.18. The van der Waals surface area contributed by atoms with Gasteiger partial charge < -0.3 is 10.6 Å². The van der Waals surface area contributed by atoms with Crippen LogP contribution in [0.3, 0.4) is 0 Å². The van der Waals surface area contributed by atoms with Gasteiger partial charge in [0.15, 0.2) is 0 Å². The Hall–Kier alpha value is -2.69. The number of hydrogen-bond acceptors (Lipinski definition) is 3. The van der Waals surface area contributed by atoms with Crippen LogP contribution >= 0.6 is 0 Å². The zero-order valence-corrected chi connectivity index (χ0v) is 14.4. The van der Waals surface area contributed by atoms with Crippen LogP contribution in [0, 0.1) is 6.92 Å². The minimum Gasteiger partial charge on any atom is -0.349 e. The number of carbonyl (C=O) groups excluding carboxylic acids is 2. The molecule has 0 aliphatic heterocycles. The Kier molecular flexibility index (Phi) is 5.43. The Bertz CT molecular complexity index is 767. The van der Waals surface area contributed by atoms with Crippen molar-refractivity contribution in [2.24, 2.45) is 0 Å². The molecule has 25 heavy (non-hydrogen) atoms. The number of nitrogens with zero attached hydrogens (tertiary/aromatic N) is 1. The molecule has 2 aromatic rings. The highest BCUT2D eigenvalue weighted by molar-refractivity contribution is 6.05. The van der Waals surface area contributed by atoms with Crippen molar-refractivity contribution in [3.8, 4) is 0 Å². The molecular weight excluding hydrogens is 314 g/mol. The van der Waals surface area contributed by atoms with Crippen LogP contribution in [0.4, 0.5) is 5.69 Å². The SMILES string of the molecule is Cc1cccc(NC(=O)c2cncc(C(=O)NC3CCCCC3)c2)c1. The third-order valence-electron chi connectivity index (χ3n) is 4.48. The van der Waals surface area contributed by atoms with Gasteiger partial charge in [0.1, 0.15) is 0 Å². The fourth-order valence-corrected chi connectivity index (χ4v) is 3.13. The van der Waals surface area contributed by atoms with E-state index in [1.165, 1.54) is 18.8 Å². The van der Waals surface area contributed by atoms with Crippen molar-refractivity contribution >= 4 is 17.5 Å². The van der Waals surface area contributed by atoms with Crippen LogP contribution in [-0.4, -0.2) is 22.8 Å². The normalized spacial score (nSPS) is 14.8. The molecule has 1 aromatic carbocycles. The fraction of sp³-hybridized carbons (Fsp3) is 0.350. The molecule has 0 spiro atoms. The van der Waals surface area contributed by atoms with Gasteiger partial charge in [0.2, 0.25) is 0 Å². The van der Waals surface area contributed by atoms with E-state index in [0.717, 1.165) is 36.9 Å². The Morgan fingerprint density at radius 1 is 1.00 bits per heavy atom. The van der Waals surface area contributed by atoms with Crippen molar-refractivity contribution in [2.75, 3.05) is 5.32 Å². The van der Waals surface area contributed by atoms with Gasteiger partial charge in [-0.3, -0.25) is 14.6 Å². The van der Waals surface area contributed by atoms with Crippen LogP contribution in [0.15, 0.2) is 42.7 Å². The molecule has 2 N–H and O–H groups in total. The van der Waals surface area contributed by atoms with Crippen molar-refractivity contribution in [1.82, 2.24) is 10.3 Å².